The van der Waals surface area contributed by atoms with E-state index in [-0.39, 0.29) is 12.5 Å². The third kappa shape index (κ3) is 2.26. The minimum absolute atomic E-state index is 0.0953. The first-order valence-electron chi connectivity index (χ1n) is 4.29. The highest BCUT2D eigenvalue weighted by Gasteiger charge is 2.38. The van der Waals surface area contributed by atoms with Crippen LogP contribution in [-0.4, -0.2) is 29.9 Å². The summed E-state index contributed by atoms with van der Waals surface area (Å²) in [6, 6.07) is -0.456. The summed E-state index contributed by atoms with van der Waals surface area (Å²) in [5.74, 6) is -1.35. The van der Waals surface area contributed by atoms with E-state index in [0.29, 0.717) is 13.2 Å². The van der Waals surface area contributed by atoms with E-state index in [1.807, 2.05) is 0 Å². The summed E-state index contributed by atoms with van der Waals surface area (Å²) >= 11 is 0. The zero-order valence-corrected chi connectivity index (χ0v) is 7.54. The van der Waals surface area contributed by atoms with Gasteiger partial charge in [-0.2, -0.15) is 18.2 Å². The molecule has 2 rings (SSSR count). The van der Waals surface area contributed by atoms with Crippen LogP contribution >= 0.6 is 0 Å². The second kappa shape index (κ2) is 3.78. The summed E-state index contributed by atoms with van der Waals surface area (Å²) in [6.07, 6.45) is -4.57. The van der Waals surface area contributed by atoms with Crippen LogP contribution in [0.4, 0.5) is 13.2 Å². The molecule has 0 aliphatic carbocycles. The molecule has 1 aromatic heterocycles. The summed E-state index contributed by atoms with van der Waals surface area (Å²) < 4.78 is 46.0. The lowest BCUT2D eigenvalue weighted by molar-refractivity contribution is -0.146. The van der Waals surface area contributed by atoms with Gasteiger partial charge in [-0.25, -0.2) is 0 Å². The van der Waals surface area contributed by atoms with Gasteiger partial charge in [0.2, 0.25) is 5.89 Å². The molecule has 0 spiro atoms. The van der Waals surface area contributed by atoms with E-state index < -0.39 is 18.0 Å². The highest BCUT2D eigenvalue weighted by atomic mass is 19.4. The van der Waals surface area contributed by atoms with Crippen molar-refractivity contribution in [1.29, 1.82) is 0 Å². The standard InChI is InChI=1S/C7H8F3N3O2/c8-7(9,10)6-12-5(15-13-6)4-3-14-2-1-11-4/h4,11H,1-3H2. The van der Waals surface area contributed by atoms with E-state index in [1.54, 1.807) is 0 Å². The first kappa shape index (κ1) is 10.4. The summed E-state index contributed by atoms with van der Waals surface area (Å²) in [5.41, 5.74) is 0. The van der Waals surface area contributed by atoms with Gasteiger partial charge >= 0.3 is 6.18 Å². The van der Waals surface area contributed by atoms with Gasteiger partial charge in [0.15, 0.2) is 0 Å². The summed E-state index contributed by atoms with van der Waals surface area (Å²) in [6.45, 7) is 1.31. The number of morpholine rings is 1. The maximum Gasteiger partial charge on any atom is 0.455 e. The number of aromatic nitrogens is 2. The molecule has 8 heteroatoms. The van der Waals surface area contributed by atoms with E-state index in [1.165, 1.54) is 0 Å². The summed E-state index contributed by atoms with van der Waals surface area (Å²) in [4.78, 5) is 3.26. The second-order valence-electron chi connectivity index (χ2n) is 3.04. The molecular formula is C7H8F3N3O2. The lowest BCUT2D eigenvalue weighted by Gasteiger charge is -2.20. The van der Waals surface area contributed by atoms with E-state index in [4.69, 9.17) is 4.74 Å². The largest absolute Gasteiger partial charge is 0.455 e. The number of hydrogen-bond donors (Lipinski definition) is 1. The van der Waals surface area contributed by atoms with Gasteiger partial charge < -0.3 is 14.6 Å². The van der Waals surface area contributed by atoms with Crippen LogP contribution in [0.15, 0.2) is 4.52 Å². The maximum absolute atomic E-state index is 12.1. The van der Waals surface area contributed by atoms with Crippen molar-refractivity contribution in [2.75, 3.05) is 19.8 Å². The molecule has 1 fully saturated rings. The zero-order valence-electron chi connectivity index (χ0n) is 7.54. The van der Waals surface area contributed by atoms with Crippen LogP contribution in [0.5, 0.6) is 0 Å². The highest BCUT2D eigenvalue weighted by molar-refractivity contribution is 4.96. The molecule has 0 radical (unpaired) electrons. The van der Waals surface area contributed by atoms with E-state index in [2.05, 4.69) is 20.0 Å². The number of alkyl halides is 3. The molecule has 5 nitrogen and oxygen atoms in total. The Morgan fingerprint density at radius 3 is 2.73 bits per heavy atom. The van der Waals surface area contributed by atoms with Crippen molar-refractivity contribution in [1.82, 2.24) is 15.5 Å². The first-order chi connectivity index (χ1) is 7.07. The molecule has 0 saturated carbocycles. The van der Waals surface area contributed by atoms with E-state index >= 15 is 0 Å². The molecule has 84 valence electrons. The molecule has 1 saturated heterocycles. The third-order valence-corrected chi connectivity index (χ3v) is 1.92. The number of halogens is 3. The van der Waals surface area contributed by atoms with Crippen LogP contribution in [0.2, 0.25) is 0 Å². The molecule has 0 aromatic carbocycles. The van der Waals surface area contributed by atoms with Gasteiger partial charge in [0.05, 0.1) is 13.2 Å². The molecule has 1 unspecified atom stereocenters. The van der Waals surface area contributed by atoms with Crippen molar-refractivity contribution >= 4 is 0 Å². The van der Waals surface area contributed by atoms with Crippen molar-refractivity contribution in [3.05, 3.63) is 11.7 Å². The van der Waals surface area contributed by atoms with Crippen molar-refractivity contribution in [3.63, 3.8) is 0 Å². The number of hydrogen-bond acceptors (Lipinski definition) is 5. The number of nitrogens with zero attached hydrogens (tertiary/aromatic N) is 2. The number of nitrogens with one attached hydrogen (secondary N) is 1. The Bertz CT molecular complexity index is 332. The fourth-order valence-corrected chi connectivity index (χ4v) is 1.22. The Kier molecular flexibility index (Phi) is 2.61. The first-order valence-corrected chi connectivity index (χ1v) is 4.29. The van der Waals surface area contributed by atoms with Crippen LogP contribution < -0.4 is 5.32 Å². The van der Waals surface area contributed by atoms with Gasteiger partial charge in [0.25, 0.3) is 5.82 Å². The Balaban J connectivity index is 2.12. The fourth-order valence-electron chi connectivity index (χ4n) is 1.22. The molecule has 1 N–H and O–H groups in total. The third-order valence-electron chi connectivity index (χ3n) is 1.92. The quantitative estimate of drug-likeness (QED) is 0.761. The molecule has 1 aliphatic rings. The van der Waals surface area contributed by atoms with Crippen molar-refractivity contribution in [2.45, 2.75) is 12.2 Å². The summed E-state index contributed by atoms with van der Waals surface area (Å²) in [7, 11) is 0. The summed E-state index contributed by atoms with van der Waals surface area (Å²) in [5, 5.41) is 5.77. The topological polar surface area (TPSA) is 60.2 Å². The Morgan fingerprint density at radius 2 is 2.20 bits per heavy atom. The van der Waals surface area contributed by atoms with Gasteiger partial charge in [-0.3, -0.25) is 0 Å². The van der Waals surface area contributed by atoms with Crippen molar-refractivity contribution in [3.8, 4) is 0 Å². The van der Waals surface area contributed by atoms with Gasteiger partial charge in [0.1, 0.15) is 6.04 Å². The molecule has 1 aromatic rings. The SMILES string of the molecule is FC(F)(F)c1noc(C2COCCN2)n1. The molecule has 15 heavy (non-hydrogen) atoms. The maximum atomic E-state index is 12.1. The Hall–Kier alpha value is -1.15. The average Bonchev–Trinajstić information content (AvgIpc) is 2.67. The lowest BCUT2D eigenvalue weighted by Crippen LogP contribution is -2.34. The van der Waals surface area contributed by atoms with E-state index in [0.717, 1.165) is 0 Å². The minimum atomic E-state index is -4.57. The normalized spacial score (nSPS) is 23.0. The highest BCUT2D eigenvalue weighted by Crippen LogP contribution is 2.27. The van der Waals surface area contributed by atoms with Crippen molar-refractivity contribution in [2.24, 2.45) is 0 Å². The zero-order chi connectivity index (χ0) is 10.9. The van der Waals surface area contributed by atoms with Gasteiger partial charge in [0, 0.05) is 6.54 Å². The molecule has 2 heterocycles. The van der Waals surface area contributed by atoms with Crippen LogP contribution in [0.3, 0.4) is 0 Å². The second-order valence-corrected chi connectivity index (χ2v) is 3.04. The van der Waals surface area contributed by atoms with Crippen molar-refractivity contribution < 1.29 is 22.4 Å². The molecular weight excluding hydrogens is 215 g/mol. The molecule has 1 aliphatic heterocycles. The molecule has 0 amide bonds. The Labute approximate surface area is 82.6 Å². The number of ether oxygens (including phenoxy) is 1. The Morgan fingerprint density at radius 1 is 1.40 bits per heavy atom. The minimum Gasteiger partial charge on any atom is -0.378 e. The fraction of sp³-hybridized carbons (Fsp3) is 0.714. The van der Waals surface area contributed by atoms with Crippen LogP contribution in [-0.2, 0) is 10.9 Å². The molecule has 0 bridgehead atoms. The average molecular weight is 223 g/mol. The lowest BCUT2D eigenvalue weighted by atomic mass is 10.3. The number of rotatable bonds is 1. The van der Waals surface area contributed by atoms with E-state index in [9.17, 15) is 13.2 Å². The monoisotopic (exact) mass is 223 g/mol. The predicted octanol–water partition coefficient (Wildman–Crippen LogP) is 0.749. The van der Waals surface area contributed by atoms with Crippen LogP contribution in [0.1, 0.15) is 17.8 Å². The van der Waals surface area contributed by atoms with Gasteiger partial charge in [-0.15, -0.1) is 0 Å². The van der Waals surface area contributed by atoms with Crippen LogP contribution in [0.25, 0.3) is 0 Å². The van der Waals surface area contributed by atoms with Gasteiger partial charge in [-0.05, 0) is 0 Å². The van der Waals surface area contributed by atoms with Gasteiger partial charge in [-0.1, -0.05) is 5.16 Å². The molecule has 1 atom stereocenters. The smallest absolute Gasteiger partial charge is 0.378 e. The van der Waals surface area contributed by atoms with Crippen LogP contribution in [0, 0.1) is 0 Å². The predicted molar refractivity (Wildman–Crippen MR) is 40.9 cm³/mol.